The molecular formula is C14H15Br3N2O. The topological polar surface area (TPSA) is 27.1 Å². The lowest BCUT2D eigenvalue weighted by Gasteiger charge is -2.10. The molecule has 20 heavy (non-hydrogen) atoms. The second-order valence-corrected chi connectivity index (χ2v) is 6.55. The minimum absolute atomic E-state index is 0.499. The predicted molar refractivity (Wildman–Crippen MR) is 91.4 cm³/mol. The summed E-state index contributed by atoms with van der Waals surface area (Å²) in [6.07, 6.45) is 0. The first-order chi connectivity index (χ1) is 9.56. The van der Waals surface area contributed by atoms with Gasteiger partial charge in [-0.3, -0.25) is 4.68 Å². The maximum atomic E-state index is 5.89. The van der Waals surface area contributed by atoms with Crippen LogP contribution in [0.4, 0.5) is 0 Å². The summed E-state index contributed by atoms with van der Waals surface area (Å²) in [6, 6.07) is 6.00. The number of hydrogen-bond donors (Lipinski definition) is 0. The van der Waals surface area contributed by atoms with E-state index in [0.717, 1.165) is 38.0 Å². The van der Waals surface area contributed by atoms with Crippen LogP contribution in [0.15, 0.2) is 27.1 Å². The molecule has 0 aliphatic heterocycles. The summed E-state index contributed by atoms with van der Waals surface area (Å²) in [5, 5.41) is 5.26. The summed E-state index contributed by atoms with van der Waals surface area (Å²) >= 11 is 10.6. The summed E-state index contributed by atoms with van der Waals surface area (Å²) in [5.74, 6) is 0.857. The second kappa shape index (κ2) is 7.09. The van der Waals surface area contributed by atoms with Gasteiger partial charge in [0, 0.05) is 16.3 Å². The van der Waals surface area contributed by atoms with E-state index in [4.69, 9.17) is 4.74 Å². The largest absolute Gasteiger partial charge is 0.487 e. The molecule has 0 bridgehead atoms. The fourth-order valence-corrected chi connectivity index (χ4v) is 3.53. The van der Waals surface area contributed by atoms with Crippen molar-refractivity contribution in [1.29, 1.82) is 0 Å². The van der Waals surface area contributed by atoms with E-state index in [9.17, 15) is 0 Å². The van der Waals surface area contributed by atoms with Crippen LogP contribution >= 0.6 is 47.8 Å². The fourth-order valence-electron chi connectivity index (χ4n) is 1.90. The number of aromatic nitrogens is 2. The highest BCUT2D eigenvalue weighted by molar-refractivity contribution is 9.11. The Balaban J connectivity index is 2.16. The molecule has 108 valence electrons. The fraction of sp³-hybridized carbons (Fsp3) is 0.357. The van der Waals surface area contributed by atoms with Crippen molar-refractivity contribution in [3.8, 4) is 5.75 Å². The summed E-state index contributed by atoms with van der Waals surface area (Å²) in [5.41, 5.74) is 3.22. The molecule has 2 rings (SSSR count). The van der Waals surface area contributed by atoms with E-state index in [2.05, 4.69) is 59.8 Å². The third-order valence-electron chi connectivity index (χ3n) is 2.99. The van der Waals surface area contributed by atoms with Gasteiger partial charge < -0.3 is 4.74 Å². The summed E-state index contributed by atoms with van der Waals surface area (Å²) in [7, 11) is 0. The lowest BCUT2D eigenvalue weighted by Crippen LogP contribution is -2.06. The van der Waals surface area contributed by atoms with Gasteiger partial charge in [0.1, 0.15) is 12.4 Å². The van der Waals surface area contributed by atoms with E-state index in [1.165, 1.54) is 5.56 Å². The minimum atomic E-state index is 0.499. The van der Waals surface area contributed by atoms with Crippen LogP contribution in [0, 0.1) is 6.92 Å². The Morgan fingerprint density at radius 2 is 2.05 bits per heavy atom. The number of hydrogen-bond acceptors (Lipinski definition) is 2. The number of alkyl halides is 1. The zero-order valence-electron chi connectivity index (χ0n) is 11.3. The quantitative estimate of drug-likeness (QED) is 0.565. The van der Waals surface area contributed by atoms with Crippen LogP contribution in [0.1, 0.15) is 23.9 Å². The monoisotopic (exact) mass is 464 g/mol. The van der Waals surface area contributed by atoms with Crippen molar-refractivity contribution in [2.75, 3.05) is 0 Å². The van der Waals surface area contributed by atoms with Gasteiger partial charge in [-0.2, -0.15) is 5.10 Å². The molecule has 0 aliphatic carbocycles. The van der Waals surface area contributed by atoms with Crippen LogP contribution in [0.2, 0.25) is 0 Å². The van der Waals surface area contributed by atoms with Crippen molar-refractivity contribution in [3.05, 3.63) is 44.1 Å². The predicted octanol–water partition coefficient (Wildman–Crippen LogP) is 5.21. The van der Waals surface area contributed by atoms with Crippen LogP contribution in [0.25, 0.3) is 0 Å². The van der Waals surface area contributed by atoms with E-state index in [1.807, 2.05) is 29.8 Å². The highest BCUT2D eigenvalue weighted by Crippen LogP contribution is 2.26. The highest BCUT2D eigenvalue weighted by Gasteiger charge is 2.12. The molecule has 2 aromatic rings. The highest BCUT2D eigenvalue weighted by atomic mass is 79.9. The van der Waals surface area contributed by atoms with E-state index in [-0.39, 0.29) is 0 Å². The van der Waals surface area contributed by atoms with Crippen LogP contribution in [0.5, 0.6) is 5.75 Å². The maximum absolute atomic E-state index is 5.89. The van der Waals surface area contributed by atoms with Gasteiger partial charge in [0.25, 0.3) is 0 Å². The van der Waals surface area contributed by atoms with Crippen LogP contribution < -0.4 is 4.74 Å². The molecule has 0 radical (unpaired) electrons. The smallest absolute Gasteiger partial charge is 0.131 e. The number of rotatable bonds is 5. The molecule has 0 atom stereocenters. The standard InChI is InChI=1S/C14H15Br3N2O/c1-3-19-13(14(17)9(2)18-19)8-20-11-4-5-12(16)10(6-11)7-15/h4-6H,3,7-8H2,1-2H3. The van der Waals surface area contributed by atoms with Crippen LogP contribution in [-0.2, 0) is 18.5 Å². The Kier molecular flexibility index (Phi) is 5.69. The van der Waals surface area contributed by atoms with Gasteiger partial charge in [-0.1, -0.05) is 31.9 Å². The van der Waals surface area contributed by atoms with Crippen LogP contribution in [-0.4, -0.2) is 9.78 Å². The molecule has 1 aromatic carbocycles. The Morgan fingerprint density at radius 3 is 2.70 bits per heavy atom. The molecule has 0 saturated carbocycles. The molecule has 1 aromatic heterocycles. The van der Waals surface area contributed by atoms with Crippen molar-refractivity contribution >= 4 is 47.8 Å². The molecule has 0 spiro atoms. The lowest BCUT2D eigenvalue weighted by atomic mass is 10.2. The van der Waals surface area contributed by atoms with E-state index < -0.39 is 0 Å². The second-order valence-electron chi connectivity index (χ2n) is 4.34. The van der Waals surface area contributed by atoms with Crippen LogP contribution in [0.3, 0.4) is 0 Å². The van der Waals surface area contributed by atoms with Crippen molar-refractivity contribution in [2.45, 2.75) is 32.3 Å². The van der Waals surface area contributed by atoms with Crippen molar-refractivity contribution < 1.29 is 4.74 Å². The number of aryl methyl sites for hydroxylation is 2. The Bertz CT molecular complexity index is 611. The molecular weight excluding hydrogens is 452 g/mol. The van der Waals surface area contributed by atoms with E-state index >= 15 is 0 Å². The third-order valence-corrected chi connectivity index (χ3v) is 5.40. The summed E-state index contributed by atoms with van der Waals surface area (Å²) < 4.78 is 9.96. The van der Waals surface area contributed by atoms with Gasteiger partial charge in [0.15, 0.2) is 0 Å². The van der Waals surface area contributed by atoms with Crippen molar-refractivity contribution in [3.63, 3.8) is 0 Å². The molecule has 0 saturated heterocycles. The third kappa shape index (κ3) is 3.46. The van der Waals surface area contributed by atoms with Gasteiger partial charge in [0.05, 0.1) is 15.9 Å². The normalized spacial score (nSPS) is 10.8. The number of benzene rings is 1. The minimum Gasteiger partial charge on any atom is -0.487 e. The average molecular weight is 467 g/mol. The first-order valence-corrected chi connectivity index (χ1v) is 8.96. The maximum Gasteiger partial charge on any atom is 0.131 e. The summed E-state index contributed by atoms with van der Waals surface area (Å²) in [6.45, 7) is 5.39. The number of halogens is 3. The number of ether oxygens (including phenoxy) is 1. The van der Waals surface area contributed by atoms with E-state index in [0.29, 0.717) is 6.61 Å². The first kappa shape index (κ1) is 16.0. The zero-order valence-corrected chi connectivity index (χ0v) is 16.0. The SMILES string of the molecule is CCn1nc(C)c(Br)c1COc1ccc(Br)c(CBr)c1. The molecule has 0 fully saturated rings. The first-order valence-electron chi connectivity index (χ1n) is 6.25. The van der Waals surface area contributed by atoms with Crippen molar-refractivity contribution in [1.82, 2.24) is 9.78 Å². The Morgan fingerprint density at radius 1 is 1.30 bits per heavy atom. The molecule has 3 nitrogen and oxygen atoms in total. The van der Waals surface area contributed by atoms with Gasteiger partial charge >= 0.3 is 0 Å². The Hall–Kier alpha value is -0.330. The van der Waals surface area contributed by atoms with Gasteiger partial charge in [-0.15, -0.1) is 0 Å². The molecule has 6 heteroatoms. The molecule has 0 aliphatic rings. The van der Waals surface area contributed by atoms with Gasteiger partial charge in [0.2, 0.25) is 0 Å². The molecule has 0 amide bonds. The lowest BCUT2D eigenvalue weighted by molar-refractivity contribution is 0.291. The zero-order chi connectivity index (χ0) is 14.7. The van der Waals surface area contributed by atoms with Crippen molar-refractivity contribution in [2.24, 2.45) is 0 Å². The number of nitrogens with zero attached hydrogens (tertiary/aromatic N) is 2. The summed E-state index contributed by atoms with van der Waals surface area (Å²) in [4.78, 5) is 0. The van der Waals surface area contributed by atoms with Gasteiger partial charge in [-0.05, 0) is 53.5 Å². The Labute approximate surface area is 144 Å². The van der Waals surface area contributed by atoms with Gasteiger partial charge in [-0.25, -0.2) is 0 Å². The molecule has 1 heterocycles. The average Bonchev–Trinajstić information content (AvgIpc) is 2.73. The molecule has 0 N–H and O–H groups in total. The van der Waals surface area contributed by atoms with E-state index in [1.54, 1.807) is 0 Å². The molecule has 0 unspecified atom stereocenters.